The summed E-state index contributed by atoms with van der Waals surface area (Å²) in [5, 5.41) is 0. The van der Waals surface area contributed by atoms with Gasteiger partial charge in [0.05, 0.1) is 5.56 Å². The summed E-state index contributed by atoms with van der Waals surface area (Å²) in [6.07, 6.45) is -15.7. The van der Waals surface area contributed by atoms with Crippen molar-refractivity contribution in [1.82, 2.24) is 0 Å². The van der Waals surface area contributed by atoms with Crippen molar-refractivity contribution in [1.29, 1.82) is 0 Å². The van der Waals surface area contributed by atoms with Crippen LogP contribution in [0.15, 0.2) is 24.3 Å². The van der Waals surface area contributed by atoms with Gasteiger partial charge in [0.15, 0.2) is 37.0 Å². The maximum Gasteiger partial charge on any atom is 0.303 e. The molecule has 2 fully saturated rings. The smallest absolute Gasteiger partial charge is 0.303 e. The highest BCUT2D eigenvalue weighted by atomic mass is 16.8. The van der Waals surface area contributed by atoms with Gasteiger partial charge in [-0.3, -0.25) is 38.4 Å². The molecule has 0 spiro atoms. The van der Waals surface area contributed by atoms with Crippen molar-refractivity contribution in [2.75, 3.05) is 13.2 Å². The van der Waals surface area contributed by atoms with E-state index in [0.717, 1.165) is 48.5 Å². The van der Waals surface area contributed by atoms with E-state index >= 15 is 0 Å². The second-order valence-corrected chi connectivity index (χ2v) is 11.4. The third kappa shape index (κ3) is 11.7. The van der Waals surface area contributed by atoms with Gasteiger partial charge in [0, 0.05) is 48.5 Å². The Labute approximate surface area is 297 Å². The summed E-state index contributed by atoms with van der Waals surface area (Å²) < 4.78 is 62.2. The van der Waals surface area contributed by atoms with Crippen molar-refractivity contribution >= 4 is 48.1 Å². The van der Waals surface area contributed by atoms with Gasteiger partial charge < -0.3 is 52.1 Å². The average Bonchev–Trinajstić information content (AvgIpc) is 3.03. The van der Waals surface area contributed by atoms with Gasteiger partial charge in [-0.1, -0.05) is 12.1 Å². The molecule has 0 bridgehead atoms. The lowest BCUT2D eigenvalue weighted by Crippen LogP contribution is -2.67. The SMILES string of the molecule is CC(=O)OC[C@H]1O[C@H](O[C@H]2[C@H](OC(C)=O)[C@@H](OC(C)=O)[C@H](Oc3ccccc3C=O)O[C@@H]2COC(C)=O)[C@H](OC(C)=O)[C@@H](OC(C)=O)[C@@H]1OC(C)=O. The summed E-state index contributed by atoms with van der Waals surface area (Å²) in [7, 11) is 0. The van der Waals surface area contributed by atoms with E-state index in [9.17, 15) is 38.4 Å². The van der Waals surface area contributed by atoms with Gasteiger partial charge in [0.2, 0.25) is 12.4 Å². The third-order valence-electron chi connectivity index (χ3n) is 7.17. The van der Waals surface area contributed by atoms with Gasteiger partial charge in [-0.2, -0.15) is 0 Å². The Kier molecular flexibility index (Phi) is 15.0. The Balaban J connectivity index is 2.19. The molecule has 2 heterocycles. The predicted octanol–water partition coefficient (Wildman–Crippen LogP) is 0.498. The fraction of sp³-hybridized carbons (Fsp3) is 0.576. The van der Waals surface area contributed by atoms with E-state index in [0.29, 0.717) is 6.29 Å². The number of para-hydroxylation sites is 1. The zero-order valence-electron chi connectivity index (χ0n) is 29.3. The van der Waals surface area contributed by atoms with E-state index in [1.165, 1.54) is 12.1 Å². The molecule has 0 saturated carbocycles. The van der Waals surface area contributed by atoms with Gasteiger partial charge >= 0.3 is 41.8 Å². The second kappa shape index (κ2) is 18.9. The molecule has 0 amide bonds. The Morgan fingerprint density at radius 2 is 0.942 bits per heavy atom. The van der Waals surface area contributed by atoms with Crippen LogP contribution in [-0.4, -0.2) is 123 Å². The third-order valence-corrected chi connectivity index (χ3v) is 7.17. The number of hydrogen-bond donors (Lipinski definition) is 0. The minimum atomic E-state index is -1.83. The van der Waals surface area contributed by atoms with Crippen LogP contribution in [-0.2, 0) is 80.9 Å². The first kappa shape index (κ1) is 41.3. The summed E-state index contributed by atoms with van der Waals surface area (Å²) in [6, 6.07) is 5.95. The van der Waals surface area contributed by atoms with Crippen LogP contribution in [0.3, 0.4) is 0 Å². The minimum Gasteiger partial charge on any atom is -0.463 e. The first-order valence-corrected chi connectivity index (χ1v) is 15.8. The number of carbonyl (C=O) groups is 8. The normalized spacial score (nSPS) is 28.2. The topological polar surface area (TPSA) is 238 Å². The molecule has 0 radical (unpaired) electrons. The molecule has 0 N–H and O–H groups in total. The van der Waals surface area contributed by atoms with Crippen molar-refractivity contribution in [2.45, 2.75) is 110 Å². The van der Waals surface area contributed by atoms with Crippen molar-refractivity contribution < 1.29 is 90.5 Å². The first-order valence-electron chi connectivity index (χ1n) is 15.8. The lowest BCUT2D eigenvalue weighted by atomic mass is 9.96. The lowest BCUT2D eigenvalue weighted by Gasteiger charge is -2.48. The summed E-state index contributed by atoms with van der Waals surface area (Å²) in [5.41, 5.74) is 0.0733. The molecule has 1 aromatic rings. The van der Waals surface area contributed by atoms with Crippen LogP contribution in [0.1, 0.15) is 58.8 Å². The van der Waals surface area contributed by atoms with Crippen LogP contribution < -0.4 is 4.74 Å². The molecular weight excluding hydrogens is 700 g/mol. The fourth-order valence-corrected chi connectivity index (χ4v) is 5.38. The molecule has 1 aromatic carbocycles. The summed E-state index contributed by atoms with van der Waals surface area (Å²) >= 11 is 0. The molecule has 19 nitrogen and oxygen atoms in total. The summed E-state index contributed by atoms with van der Waals surface area (Å²) in [6.45, 7) is 6.14. The Morgan fingerprint density at radius 3 is 1.42 bits per heavy atom. The molecule has 3 rings (SSSR count). The van der Waals surface area contributed by atoms with E-state index in [-0.39, 0.29) is 11.3 Å². The highest BCUT2D eigenvalue weighted by Crippen LogP contribution is 2.36. The van der Waals surface area contributed by atoms with Crippen LogP contribution in [0, 0.1) is 0 Å². The maximum atomic E-state index is 12.6. The highest BCUT2D eigenvalue weighted by molar-refractivity contribution is 5.79. The first-order chi connectivity index (χ1) is 24.5. The number of ether oxygens (including phenoxy) is 11. The van der Waals surface area contributed by atoms with E-state index < -0.39 is 116 Å². The minimum absolute atomic E-state index is 0.0218. The summed E-state index contributed by atoms with van der Waals surface area (Å²) in [5.74, 6) is -6.10. The zero-order valence-corrected chi connectivity index (χ0v) is 29.3. The Morgan fingerprint density at radius 1 is 0.538 bits per heavy atom. The van der Waals surface area contributed by atoms with E-state index in [1.54, 1.807) is 12.1 Å². The molecule has 0 unspecified atom stereocenters. The van der Waals surface area contributed by atoms with Crippen LogP contribution in [0.2, 0.25) is 0 Å². The van der Waals surface area contributed by atoms with Gasteiger partial charge in [-0.25, -0.2) is 0 Å². The number of benzene rings is 1. The molecule has 2 aliphatic rings. The number of hydrogen-bond acceptors (Lipinski definition) is 19. The number of esters is 7. The van der Waals surface area contributed by atoms with Crippen molar-refractivity contribution in [3.05, 3.63) is 29.8 Å². The molecule has 52 heavy (non-hydrogen) atoms. The van der Waals surface area contributed by atoms with E-state index in [1.807, 2.05) is 0 Å². The lowest BCUT2D eigenvalue weighted by molar-refractivity contribution is -0.354. The van der Waals surface area contributed by atoms with Gasteiger partial charge in [-0.15, -0.1) is 0 Å². The molecule has 2 aliphatic heterocycles. The van der Waals surface area contributed by atoms with Gasteiger partial charge in [0.1, 0.15) is 37.3 Å². The maximum absolute atomic E-state index is 12.6. The van der Waals surface area contributed by atoms with Crippen LogP contribution in [0.5, 0.6) is 5.75 Å². The average molecular weight is 741 g/mol. The zero-order chi connectivity index (χ0) is 38.7. The van der Waals surface area contributed by atoms with E-state index in [4.69, 9.17) is 52.1 Å². The van der Waals surface area contributed by atoms with Crippen molar-refractivity contribution in [2.24, 2.45) is 0 Å². The molecule has 286 valence electrons. The monoisotopic (exact) mass is 740 g/mol. The molecule has 19 heteroatoms. The number of aldehydes is 1. The molecule has 2 saturated heterocycles. The van der Waals surface area contributed by atoms with Crippen LogP contribution >= 0.6 is 0 Å². The summed E-state index contributed by atoms with van der Waals surface area (Å²) in [4.78, 5) is 97.3. The predicted molar refractivity (Wildman–Crippen MR) is 166 cm³/mol. The Bertz CT molecular complexity index is 1490. The largest absolute Gasteiger partial charge is 0.463 e. The Hall–Kier alpha value is -5.14. The van der Waals surface area contributed by atoms with Gasteiger partial charge in [0.25, 0.3) is 0 Å². The van der Waals surface area contributed by atoms with Gasteiger partial charge in [-0.05, 0) is 12.1 Å². The van der Waals surface area contributed by atoms with Crippen LogP contribution in [0.25, 0.3) is 0 Å². The molecule has 10 atom stereocenters. The standard InChI is InChI=1S/C33H40O19/c1-15(35)42-13-24-26(44-17(3)37)28(45-18(4)38)31(48-21(7)41)33(51-24)52-27-25(14-43-16(2)36)50-32(49-23-11-9-8-10-22(23)12-34)30(47-20(6)40)29(27)46-19(5)39/h8-12,24-33H,13-14H2,1-7H3/t24-,25-,26-,27-,28+,29+,30-,31-,32-,33-/m1/s1. The fourth-order valence-electron chi connectivity index (χ4n) is 5.38. The molecular formula is C33H40O19. The quantitative estimate of drug-likeness (QED) is 0.143. The van der Waals surface area contributed by atoms with E-state index in [2.05, 4.69) is 0 Å². The van der Waals surface area contributed by atoms with Crippen molar-refractivity contribution in [3.63, 3.8) is 0 Å². The molecule has 0 aromatic heterocycles. The number of carbonyl (C=O) groups excluding carboxylic acids is 8. The number of rotatable bonds is 14. The second-order valence-electron chi connectivity index (χ2n) is 11.4. The van der Waals surface area contributed by atoms with Crippen molar-refractivity contribution in [3.8, 4) is 5.75 Å². The highest BCUT2D eigenvalue weighted by Gasteiger charge is 2.58. The van der Waals surface area contributed by atoms with Crippen LogP contribution in [0.4, 0.5) is 0 Å². The molecule has 0 aliphatic carbocycles.